The molecule has 0 unspecified atom stereocenters. The first-order valence-electron chi connectivity index (χ1n) is 12.9. The van der Waals surface area contributed by atoms with Gasteiger partial charge in [0.05, 0.1) is 30.7 Å². The number of para-hydroxylation sites is 1. The molecule has 1 saturated carbocycles. The van der Waals surface area contributed by atoms with Crippen molar-refractivity contribution < 1.29 is 14.3 Å². The maximum atomic E-state index is 14.4. The lowest BCUT2D eigenvalue weighted by molar-refractivity contribution is -0.134. The van der Waals surface area contributed by atoms with Gasteiger partial charge in [-0.05, 0) is 42.0 Å². The van der Waals surface area contributed by atoms with Crippen molar-refractivity contribution in [2.24, 2.45) is 5.92 Å². The SMILES string of the molecule is CC(C)C(=O)N[C@H]1[C@H](OCc2ccccc2)CCC[C@@]12C(=O)N(Cc1ccccc1)c1ccccc12. The third-order valence-corrected chi connectivity index (χ3v) is 7.58. The lowest BCUT2D eigenvalue weighted by Gasteiger charge is -2.45. The van der Waals surface area contributed by atoms with E-state index in [1.54, 1.807) is 0 Å². The Bertz CT molecular complexity index is 1210. The zero-order chi connectivity index (χ0) is 25.1. The van der Waals surface area contributed by atoms with E-state index in [0.29, 0.717) is 19.6 Å². The molecule has 0 saturated heterocycles. The zero-order valence-electron chi connectivity index (χ0n) is 21.0. The van der Waals surface area contributed by atoms with Crippen LogP contribution in [0.2, 0.25) is 0 Å². The Kier molecular flexibility index (Phi) is 6.92. The molecule has 2 aliphatic rings. The topological polar surface area (TPSA) is 58.6 Å². The van der Waals surface area contributed by atoms with E-state index in [-0.39, 0.29) is 23.8 Å². The number of hydrogen-bond donors (Lipinski definition) is 1. The van der Waals surface area contributed by atoms with E-state index >= 15 is 0 Å². The fourth-order valence-corrected chi connectivity index (χ4v) is 5.73. The summed E-state index contributed by atoms with van der Waals surface area (Å²) >= 11 is 0. The average molecular weight is 483 g/mol. The summed E-state index contributed by atoms with van der Waals surface area (Å²) in [5.74, 6) is -0.193. The summed E-state index contributed by atoms with van der Waals surface area (Å²) in [6.07, 6.45) is 2.07. The smallest absolute Gasteiger partial charge is 0.240 e. The lowest BCUT2D eigenvalue weighted by Crippen LogP contribution is -2.63. The highest BCUT2D eigenvalue weighted by Gasteiger charge is 2.59. The predicted octanol–water partition coefficient (Wildman–Crippen LogP) is 5.38. The van der Waals surface area contributed by atoms with E-state index in [9.17, 15) is 9.59 Å². The fourth-order valence-electron chi connectivity index (χ4n) is 5.73. The lowest BCUT2D eigenvalue weighted by atomic mass is 9.65. The third kappa shape index (κ3) is 4.44. The maximum absolute atomic E-state index is 14.4. The van der Waals surface area contributed by atoms with Gasteiger partial charge in [-0.3, -0.25) is 9.59 Å². The highest BCUT2D eigenvalue weighted by atomic mass is 16.5. The number of nitrogens with one attached hydrogen (secondary N) is 1. The Hall–Kier alpha value is -3.44. The molecule has 5 rings (SSSR count). The van der Waals surface area contributed by atoms with E-state index in [2.05, 4.69) is 11.4 Å². The quantitative estimate of drug-likeness (QED) is 0.492. The molecule has 5 nitrogen and oxygen atoms in total. The van der Waals surface area contributed by atoms with Gasteiger partial charge in [0.1, 0.15) is 0 Å². The van der Waals surface area contributed by atoms with Crippen molar-refractivity contribution in [3.05, 3.63) is 102 Å². The van der Waals surface area contributed by atoms with Crippen molar-refractivity contribution in [3.63, 3.8) is 0 Å². The second kappa shape index (κ2) is 10.3. The number of amides is 2. The molecule has 5 heteroatoms. The van der Waals surface area contributed by atoms with Gasteiger partial charge in [-0.25, -0.2) is 0 Å². The molecule has 1 fully saturated rings. The van der Waals surface area contributed by atoms with Crippen molar-refractivity contribution >= 4 is 17.5 Å². The number of fused-ring (bicyclic) bond motifs is 2. The normalized spacial score (nSPS) is 23.2. The first-order valence-corrected chi connectivity index (χ1v) is 12.9. The van der Waals surface area contributed by atoms with Crippen LogP contribution in [0.25, 0.3) is 0 Å². The Balaban J connectivity index is 1.53. The Morgan fingerprint density at radius 2 is 1.61 bits per heavy atom. The molecule has 0 radical (unpaired) electrons. The molecule has 0 aromatic heterocycles. The molecule has 1 aliphatic heterocycles. The second-order valence-electron chi connectivity index (χ2n) is 10.2. The largest absolute Gasteiger partial charge is 0.371 e. The van der Waals surface area contributed by atoms with Gasteiger partial charge in [0.15, 0.2) is 0 Å². The highest BCUT2D eigenvalue weighted by Crippen LogP contribution is 2.51. The van der Waals surface area contributed by atoms with Gasteiger partial charge in [-0.15, -0.1) is 0 Å². The van der Waals surface area contributed by atoms with Crippen LogP contribution in [-0.4, -0.2) is 24.0 Å². The van der Waals surface area contributed by atoms with E-state index in [4.69, 9.17) is 4.74 Å². The Morgan fingerprint density at radius 1 is 0.972 bits per heavy atom. The first kappa shape index (κ1) is 24.3. The molecule has 36 heavy (non-hydrogen) atoms. The number of nitrogens with zero attached hydrogens (tertiary/aromatic N) is 1. The number of benzene rings is 3. The number of carbonyl (C=O) groups excluding carboxylic acids is 2. The second-order valence-corrected chi connectivity index (χ2v) is 10.2. The fraction of sp³-hybridized carbons (Fsp3) is 0.355. The van der Waals surface area contributed by atoms with Crippen molar-refractivity contribution in [2.45, 2.75) is 63.8 Å². The molecule has 1 aliphatic carbocycles. The van der Waals surface area contributed by atoms with Gasteiger partial charge < -0.3 is 15.0 Å². The van der Waals surface area contributed by atoms with Crippen LogP contribution >= 0.6 is 0 Å². The van der Waals surface area contributed by atoms with Gasteiger partial charge in [-0.2, -0.15) is 0 Å². The minimum Gasteiger partial charge on any atom is -0.371 e. The Labute approximate surface area is 213 Å². The standard InChI is InChI=1S/C31H34N2O3/c1-22(2)29(34)32-28-27(36-21-24-14-7-4-8-15-24)18-11-19-31(28)25-16-9-10-17-26(25)33(30(31)35)20-23-12-5-3-6-13-23/h3-10,12-17,22,27-28H,11,18-21H2,1-2H3,(H,32,34)/t27-,28+,31+/m1/s1. The number of ether oxygens (including phenoxy) is 1. The van der Waals surface area contributed by atoms with Crippen LogP contribution in [0.5, 0.6) is 0 Å². The van der Waals surface area contributed by atoms with E-state index < -0.39 is 11.5 Å². The molecule has 3 atom stereocenters. The van der Waals surface area contributed by atoms with E-state index in [1.165, 1.54) is 0 Å². The molecule has 3 aromatic carbocycles. The highest BCUT2D eigenvalue weighted by molar-refractivity contribution is 6.09. The third-order valence-electron chi connectivity index (χ3n) is 7.58. The molecule has 0 bridgehead atoms. The van der Waals surface area contributed by atoms with E-state index in [1.807, 2.05) is 97.6 Å². The summed E-state index contributed by atoms with van der Waals surface area (Å²) in [7, 11) is 0. The summed E-state index contributed by atoms with van der Waals surface area (Å²) in [4.78, 5) is 29.4. The van der Waals surface area contributed by atoms with Gasteiger partial charge in [0.25, 0.3) is 0 Å². The van der Waals surface area contributed by atoms with Crippen LogP contribution in [0.1, 0.15) is 49.8 Å². The van der Waals surface area contributed by atoms with Crippen molar-refractivity contribution in [1.29, 1.82) is 0 Å². The van der Waals surface area contributed by atoms with Crippen LogP contribution in [-0.2, 0) is 32.9 Å². The van der Waals surface area contributed by atoms with Crippen molar-refractivity contribution in [3.8, 4) is 0 Å². The molecular formula is C31H34N2O3. The van der Waals surface area contributed by atoms with Crippen LogP contribution in [0.4, 0.5) is 5.69 Å². The molecule has 1 N–H and O–H groups in total. The average Bonchev–Trinajstić information content (AvgIpc) is 3.13. The van der Waals surface area contributed by atoms with E-state index in [0.717, 1.165) is 35.2 Å². The number of hydrogen-bond acceptors (Lipinski definition) is 3. The summed E-state index contributed by atoms with van der Waals surface area (Å²) in [6, 6.07) is 27.8. The molecule has 1 spiro atoms. The number of carbonyl (C=O) groups is 2. The zero-order valence-corrected chi connectivity index (χ0v) is 21.0. The summed E-state index contributed by atoms with van der Waals surface area (Å²) < 4.78 is 6.48. The maximum Gasteiger partial charge on any atom is 0.240 e. The summed E-state index contributed by atoms with van der Waals surface area (Å²) in [5, 5.41) is 3.28. The minimum atomic E-state index is -0.852. The van der Waals surface area contributed by atoms with Crippen LogP contribution in [0, 0.1) is 5.92 Å². The summed E-state index contributed by atoms with van der Waals surface area (Å²) in [6.45, 7) is 4.71. The number of anilines is 1. The summed E-state index contributed by atoms with van der Waals surface area (Å²) in [5.41, 5.74) is 3.23. The monoisotopic (exact) mass is 482 g/mol. The minimum absolute atomic E-state index is 0.0506. The van der Waals surface area contributed by atoms with Crippen molar-refractivity contribution in [2.75, 3.05) is 4.90 Å². The molecule has 186 valence electrons. The molecule has 3 aromatic rings. The molecule has 1 heterocycles. The molecule has 2 amide bonds. The van der Waals surface area contributed by atoms with Crippen LogP contribution in [0.15, 0.2) is 84.9 Å². The first-order chi connectivity index (χ1) is 17.5. The van der Waals surface area contributed by atoms with Gasteiger partial charge in [0.2, 0.25) is 11.8 Å². The van der Waals surface area contributed by atoms with Crippen LogP contribution in [0.3, 0.4) is 0 Å². The van der Waals surface area contributed by atoms with Gasteiger partial charge in [0, 0.05) is 11.6 Å². The number of rotatable bonds is 7. The van der Waals surface area contributed by atoms with Gasteiger partial charge >= 0.3 is 0 Å². The van der Waals surface area contributed by atoms with Gasteiger partial charge in [-0.1, -0.05) is 92.7 Å². The van der Waals surface area contributed by atoms with Crippen LogP contribution < -0.4 is 10.2 Å². The Morgan fingerprint density at radius 3 is 2.31 bits per heavy atom. The molecular weight excluding hydrogens is 448 g/mol. The predicted molar refractivity (Wildman–Crippen MR) is 141 cm³/mol. The van der Waals surface area contributed by atoms with Crippen molar-refractivity contribution in [1.82, 2.24) is 5.32 Å².